The standard InChI is InChI=1S/C19H18FN3O3S/c1-3-25-17(24)9-13-12-5-7-22-15(12)10-14(20)18(13)26-11-4-6-23-16(8-11)19(21)27-2/h4-8,10,21-22H,3,9H2,1-2H3. The van der Waals surface area contributed by atoms with Gasteiger partial charge in [-0.2, -0.15) is 0 Å². The molecule has 0 bridgehead atoms. The number of carbonyl (C=O) groups excluding carboxylic acids is 1. The molecule has 2 heterocycles. The third-order valence-corrected chi connectivity index (χ3v) is 4.50. The van der Waals surface area contributed by atoms with E-state index in [0.717, 1.165) is 0 Å². The summed E-state index contributed by atoms with van der Waals surface area (Å²) in [5.74, 6) is -0.765. The number of hydrogen-bond acceptors (Lipinski definition) is 6. The van der Waals surface area contributed by atoms with Crippen molar-refractivity contribution >= 4 is 33.7 Å². The molecule has 0 radical (unpaired) electrons. The van der Waals surface area contributed by atoms with Gasteiger partial charge in [0.05, 0.1) is 18.7 Å². The van der Waals surface area contributed by atoms with Gasteiger partial charge in [0.25, 0.3) is 0 Å². The maximum Gasteiger partial charge on any atom is 0.310 e. The summed E-state index contributed by atoms with van der Waals surface area (Å²) in [4.78, 5) is 19.1. The van der Waals surface area contributed by atoms with E-state index in [-0.39, 0.29) is 23.8 Å². The Bertz CT molecular complexity index is 1000. The largest absolute Gasteiger partial charge is 0.466 e. The van der Waals surface area contributed by atoms with Gasteiger partial charge in [0.2, 0.25) is 0 Å². The van der Waals surface area contributed by atoms with Crippen molar-refractivity contribution < 1.29 is 18.7 Å². The minimum absolute atomic E-state index is 0.0389. The molecule has 1 aromatic carbocycles. The second-order valence-corrected chi connectivity index (χ2v) is 6.42. The quantitative estimate of drug-likeness (QED) is 0.374. The van der Waals surface area contributed by atoms with E-state index in [1.807, 2.05) is 0 Å². The van der Waals surface area contributed by atoms with Crippen molar-refractivity contribution in [3.63, 3.8) is 0 Å². The molecule has 140 valence electrons. The number of ether oxygens (including phenoxy) is 2. The van der Waals surface area contributed by atoms with Crippen LogP contribution in [0.3, 0.4) is 0 Å². The molecule has 8 heteroatoms. The number of aromatic nitrogens is 2. The second kappa shape index (κ2) is 8.22. The van der Waals surface area contributed by atoms with Gasteiger partial charge in [-0.3, -0.25) is 15.2 Å². The highest BCUT2D eigenvalue weighted by atomic mass is 32.2. The van der Waals surface area contributed by atoms with E-state index in [4.69, 9.17) is 14.9 Å². The number of fused-ring (bicyclic) bond motifs is 1. The van der Waals surface area contributed by atoms with Crippen molar-refractivity contribution in [3.8, 4) is 11.5 Å². The van der Waals surface area contributed by atoms with Gasteiger partial charge >= 0.3 is 5.97 Å². The summed E-state index contributed by atoms with van der Waals surface area (Å²) in [5.41, 5.74) is 1.40. The number of benzene rings is 1. The molecular weight excluding hydrogens is 369 g/mol. The number of halogens is 1. The first kappa shape index (κ1) is 18.9. The molecule has 0 unspecified atom stereocenters. The van der Waals surface area contributed by atoms with Crippen LogP contribution in [0, 0.1) is 11.2 Å². The lowest BCUT2D eigenvalue weighted by atomic mass is 10.1. The Kier molecular flexibility index (Phi) is 5.75. The van der Waals surface area contributed by atoms with E-state index in [2.05, 4.69) is 9.97 Å². The average molecular weight is 387 g/mol. The fraction of sp³-hybridized carbons (Fsp3) is 0.211. The summed E-state index contributed by atoms with van der Waals surface area (Å²) in [7, 11) is 0. The molecule has 3 rings (SSSR count). The maximum atomic E-state index is 14.7. The molecule has 0 atom stereocenters. The minimum Gasteiger partial charge on any atom is -0.466 e. The van der Waals surface area contributed by atoms with E-state index in [1.165, 1.54) is 24.0 Å². The lowest BCUT2D eigenvalue weighted by Gasteiger charge is -2.14. The van der Waals surface area contributed by atoms with Gasteiger partial charge in [0, 0.05) is 41.0 Å². The van der Waals surface area contributed by atoms with Gasteiger partial charge in [-0.25, -0.2) is 4.39 Å². The summed E-state index contributed by atoms with van der Waals surface area (Å²) in [6.07, 6.45) is 4.82. The van der Waals surface area contributed by atoms with Crippen LogP contribution in [-0.2, 0) is 16.0 Å². The summed E-state index contributed by atoms with van der Waals surface area (Å²) in [6, 6.07) is 6.22. The predicted octanol–water partition coefficient (Wildman–Crippen LogP) is 4.29. The molecule has 0 aliphatic heterocycles. The lowest BCUT2D eigenvalue weighted by Crippen LogP contribution is -2.09. The number of esters is 1. The normalized spacial score (nSPS) is 10.8. The molecule has 27 heavy (non-hydrogen) atoms. The van der Waals surface area contributed by atoms with Gasteiger partial charge in [-0.15, -0.1) is 11.8 Å². The van der Waals surface area contributed by atoms with E-state index in [9.17, 15) is 9.18 Å². The van der Waals surface area contributed by atoms with Crippen LogP contribution in [0.15, 0.2) is 36.7 Å². The molecule has 0 amide bonds. The van der Waals surface area contributed by atoms with Gasteiger partial charge in [-0.05, 0) is 25.3 Å². The molecule has 3 aromatic rings. The third-order valence-electron chi connectivity index (χ3n) is 3.88. The molecule has 0 aliphatic carbocycles. The van der Waals surface area contributed by atoms with Crippen LogP contribution in [0.2, 0.25) is 0 Å². The SMILES string of the molecule is CCOC(=O)Cc1c(Oc2ccnc(C(=N)SC)c2)c(F)cc2[nH]ccc12. The highest BCUT2D eigenvalue weighted by Gasteiger charge is 2.20. The molecule has 2 N–H and O–H groups in total. The molecule has 2 aromatic heterocycles. The molecule has 0 saturated carbocycles. The molecule has 0 fully saturated rings. The number of thioether (sulfide) groups is 1. The van der Waals surface area contributed by atoms with E-state index in [0.29, 0.717) is 27.9 Å². The summed E-state index contributed by atoms with van der Waals surface area (Å²) >= 11 is 1.24. The first-order valence-corrected chi connectivity index (χ1v) is 9.46. The first-order chi connectivity index (χ1) is 13.0. The number of hydrogen-bond donors (Lipinski definition) is 2. The predicted molar refractivity (Wildman–Crippen MR) is 103 cm³/mol. The second-order valence-electron chi connectivity index (χ2n) is 5.60. The van der Waals surface area contributed by atoms with Crippen LogP contribution in [-0.4, -0.2) is 33.8 Å². The van der Waals surface area contributed by atoms with Crippen molar-refractivity contribution in [2.45, 2.75) is 13.3 Å². The lowest BCUT2D eigenvalue weighted by molar-refractivity contribution is -0.142. The van der Waals surface area contributed by atoms with Crippen LogP contribution >= 0.6 is 11.8 Å². The Morgan fingerprint density at radius 2 is 2.19 bits per heavy atom. The van der Waals surface area contributed by atoms with Crippen LogP contribution < -0.4 is 4.74 Å². The Labute approximate surface area is 159 Å². The molecule has 0 aliphatic rings. The van der Waals surface area contributed by atoms with Gasteiger partial charge in [-0.1, -0.05) is 0 Å². The summed E-state index contributed by atoms with van der Waals surface area (Å²) in [6.45, 7) is 1.96. The average Bonchev–Trinajstić information content (AvgIpc) is 3.12. The number of nitrogens with one attached hydrogen (secondary N) is 2. The zero-order valence-electron chi connectivity index (χ0n) is 14.8. The van der Waals surface area contributed by atoms with E-state index in [1.54, 1.807) is 37.6 Å². The fourth-order valence-electron chi connectivity index (χ4n) is 2.69. The van der Waals surface area contributed by atoms with Crippen molar-refractivity contribution in [2.75, 3.05) is 12.9 Å². The smallest absolute Gasteiger partial charge is 0.310 e. The number of H-pyrrole nitrogens is 1. The van der Waals surface area contributed by atoms with E-state index < -0.39 is 11.8 Å². The van der Waals surface area contributed by atoms with Crippen molar-refractivity contribution in [1.82, 2.24) is 9.97 Å². The number of aromatic amines is 1. The highest BCUT2D eigenvalue weighted by molar-refractivity contribution is 8.13. The van der Waals surface area contributed by atoms with Crippen molar-refractivity contribution in [2.24, 2.45) is 0 Å². The molecular formula is C19H18FN3O3S. The highest BCUT2D eigenvalue weighted by Crippen LogP contribution is 2.35. The maximum absolute atomic E-state index is 14.7. The number of pyridine rings is 1. The Morgan fingerprint density at radius 3 is 2.93 bits per heavy atom. The minimum atomic E-state index is -0.595. The fourth-order valence-corrected chi connectivity index (χ4v) is 3.01. The van der Waals surface area contributed by atoms with Crippen molar-refractivity contribution in [3.05, 3.63) is 53.7 Å². The zero-order valence-corrected chi connectivity index (χ0v) is 15.7. The van der Waals surface area contributed by atoms with Crippen LogP contribution in [0.25, 0.3) is 10.9 Å². The van der Waals surface area contributed by atoms with E-state index >= 15 is 0 Å². The number of nitrogens with zero attached hydrogens (tertiary/aromatic N) is 1. The Balaban J connectivity index is 2.04. The van der Waals surface area contributed by atoms with Crippen molar-refractivity contribution in [1.29, 1.82) is 5.41 Å². The zero-order chi connectivity index (χ0) is 19.4. The van der Waals surface area contributed by atoms with Gasteiger partial charge < -0.3 is 14.5 Å². The van der Waals surface area contributed by atoms with Gasteiger partial charge in [0.1, 0.15) is 10.8 Å². The monoisotopic (exact) mass is 387 g/mol. The molecule has 0 saturated heterocycles. The number of carbonyl (C=O) groups is 1. The molecule has 0 spiro atoms. The first-order valence-electron chi connectivity index (χ1n) is 8.24. The third kappa shape index (κ3) is 4.11. The topological polar surface area (TPSA) is 88.1 Å². The summed E-state index contributed by atoms with van der Waals surface area (Å²) < 4.78 is 25.5. The van der Waals surface area contributed by atoms with Crippen LogP contribution in [0.4, 0.5) is 4.39 Å². The van der Waals surface area contributed by atoms with Crippen LogP contribution in [0.5, 0.6) is 11.5 Å². The van der Waals surface area contributed by atoms with Gasteiger partial charge in [0.15, 0.2) is 11.6 Å². The van der Waals surface area contributed by atoms with Crippen LogP contribution in [0.1, 0.15) is 18.2 Å². The Morgan fingerprint density at radius 1 is 1.37 bits per heavy atom. The summed E-state index contributed by atoms with van der Waals surface area (Å²) in [5, 5.41) is 8.83. The number of rotatable bonds is 6. The molecule has 6 nitrogen and oxygen atoms in total. The Hall–Kier alpha value is -2.87.